The number of methoxy groups -OCH3 is 3. The van der Waals surface area contributed by atoms with Crippen LogP contribution in [0, 0.1) is 0 Å². The van der Waals surface area contributed by atoms with Crippen molar-refractivity contribution in [1.82, 2.24) is 0 Å². The summed E-state index contributed by atoms with van der Waals surface area (Å²) < 4.78 is 21.3. The van der Waals surface area contributed by atoms with E-state index >= 15 is 0 Å². The third kappa shape index (κ3) is 3.36. The summed E-state index contributed by atoms with van der Waals surface area (Å²) >= 11 is 5.87. The molecule has 26 heavy (non-hydrogen) atoms. The summed E-state index contributed by atoms with van der Waals surface area (Å²) in [4.78, 5) is 16.5. The molecule has 6 nitrogen and oxygen atoms in total. The van der Waals surface area contributed by atoms with E-state index in [9.17, 15) is 4.79 Å². The lowest BCUT2D eigenvalue weighted by Crippen LogP contribution is -2.05. The van der Waals surface area contributed by atoms with Gasteiger partial charge in [0, 0.05) is 16.1 Å². The van der Waals surface area contributed by atoms with Gasteiger partial charge in [-0.3, -0.25) is 0 Å². The average Bonchev–Trinajstić information content (AvgIpc) is 3.02. The lowest BCUT2D eigenvalue weighted by atomic mass is 10.1. The predicted molar refractivity (Wildman–Crippen MR) is 98.2 cm³/mol. The van der Waals surface area contributed by atoms with Gasteiger partial charge in [-0.05, 0) is 42.5 Å². The van der Waals surface area contributed by atoms with E-state index in [0.29, 0.717) is 33.4 Å². The molecule has 2 aromatic carbocycles. The zero-order valence-electron chi connectivity index (χ0n) is 14.4. The Kier molecular flexibility index (Phi) is 5.14. The van der Waals surface area contributed by atoms with Crippen LogP contribution in [0.5, 0.6) is 17.2 Å². The molecule has 0 aromatic heterocycles. The van der Waals surface area contributed by atoms with Gasteiger partial charge in [-0.1, -0.05) is 11.6 Å². The molecule has 3 rings (SSSR count). The molecular weight excluding hydrogens is 358 g/mol. The number of benzene rings is 2. The van der Waals surface area contributed by atoms with Crippen molar-refractivity contribution in [2.75, 3.05) is 21.3 Å². The quantitative estimate of drug-likeness (QED) is 0.590. The number of halogens is 1. The summed E-state index contributed by atoms with van der Waals surface area (Å²) in [5.41, 5.74) is 1.42. The Balaban J connectivity index is 2.02. The summed E-state index contributed by atoms with van der Waals surface area (Å²) in [5.74, 6) is 1.05. The summed E-state index contributed by atoms with van der Waals surface area (Å²) in [5, 5.41) is 0.588. The lowest BCUT2D eigenvalue weighted by Gasteiger charge is -2.14. The Hall–Kier alpha value is -2.99. The van der Waals surface area contributed by atoms with Gasteiger partial charge in [0.05, 0.1) is 21.3 Å². The number of esters is 1. The van der Waals surface area contributed by atoms with Crippen molar-refractivity contribution in [2.24, 2.45) is 4.99 Å². The molecule has 1 heterocycles. The molecule has 0 unspecified atom stereocenters. The molecular formula is C19H16ClNO5. The van der Waals surface area contributed by atoms with Gasteiger partial charge in [-0.2, -0.15) is 0 Å². The number of cyclic esters (lactones) is 1. The summed E-state index contributed by atoms with van der Waals surface area (Å²) in [6, 6.07) is 10.3. The highest BCUT2D eigenvalue weighted by Crippen LogP contribution is 2.40. The monoisotopic (exact) mass is 373 g/mol. The lowest BCUT2D eigenvalue weighted by molar-refractivity contribution is -0.129. The van der Waals surface area contributed by atoms with Crippen molar-refractivity contribution in [2.45, 2.75) is 0 Å². The second kappa shape index (κ2) is 7.49. The second-order valence-electron chi connectivity index (χ2n) is 5.27. The molecule has 0 bridgehead atoms. The first kappa shape index (κ1) is 17.8. The minimum Gasteiger partial charge on any atom is -0.493 e. The third-order valence-electron chi connectivity index (χ3n) is 3.74. The number of ether oxygens (including phenoxy) is 4. The maximum absolute atomic E-state index is 12.2. The van der Waals surface area contributed by atoms with E-state index in [-0.39, 0.29) is 11.6 Å². The van der Waals surface area contributed by atoms with Gasteiger partial charge < -0.3 is 18.9 Å². The maximum Gasteiger partial charge on any atom is 0.363 e. The van der Waals surface area contributed by atoms with Crippen LogP contribution in [0.2, 0.25) is 5.02 Å². The van der Waals surface area contributed by atoms with Gasteiger partial charge in [0.15, 0.2) is 17.2 Å². The molecule has 1 aliphatic rings. The van der Waals surface area contributed by atoms with Gasteiger partial charge in [-0.25, -0.2) is 9.79 Å². The van der Waals surface area contributed by atoms with Gasteiger partial charge in [-0.15, -0.1) is 0 Å². The summed E-state index contributed by atoms with van der Waals surface area (Å²) in [6.07, 6.45) is 1.58. The Bertz CT molecular complexity index is 903. The fraction of sp³-hybridized carbons (Fsp3) is 0.158. The van der Waals surface area contributed by atoms with Crippen molar-refractivity contribution < 1.29 is 23.7 Å². The van der Waals surface area contributed by atoms with E-state index < -0.39 is 5.97 Å². The Morgan fingerprint density at radius 3 is 2.27 bits per heavy atom. The first-order valence-corrected chi connectivity index (χ1v) is 8.02. The molecule has 0 aliphatic carbocycles. The molecule has 0 saturated carbocycles. The molecule has 2 aromatic rings. The molecule has 0 amide bonds. The largest absolute Gasteiger partial charge is 0.493 e. The zero-order valence-corrected chi connectivity index (χ0v) is 15.2. The first-order chi connectivity index (χ1) is 12.6. The van der Waals surface area contributed by atoms with Gasteiger partial charge in [0.2, 0.25) is 11.6 Å². The smallest absolute Gasteiger partial charge is 0.363 e. The minimum atomic E-state index is -0.549. The first-order valence-electron chi connectivity index (χ1n) is 7.65. The van der Waals surface area contributed by atoms with Crippen LogP contribution < -0.4 is 14.2 Å². The van der Waals surface area contributed by atoms with E-state index in [2.05, 4.69) is 4.99 Å². The van der Waals surface area contributed by atoms with Crippen molar-refractivity contribution in [1.29, 1.82) is 0 Å². The number of rotatable bonds is 5. The topological polar surface area (TPSA) is 66.4 Å². The van der Waals surface area contributed by atoms with Crippen LogP contribution in [-0.2, 0) is 9.53 Å². The van der Waals surface area contributed by atoms with E-state index in [4.69, 9.17) is 30.5 Å². The number of hydrogen-bond donors (Lipinski definition) is 0. The van der Waals surface area contributed by atoms with Crippen LogP contribution in [0.3, 0.4) is 0 Å². The maximum atomic E-state index is 12.2. The fourth-order valence-electron chi connectivity index (χ4n) is 2.51. The zero-order chi connectivity index (χ0) is 18.7. The van der Waals surface area contributed by atoms with Crippen molar-refractivity contribution >= 4 is 29.5 Å². The van der Waals surface area contributed by atoms with Gasteiger partial charge in [0.1, 0.15) is 0 Å². The molecule has 0 radical (unpaired) electrons. The second-order valence-corrected chi connectivity index (χ2v) is 5.70. The van der Waals surface area contributed by atoms with Crippen molar-refractivity contribution in [3.05, 3.63) is 58.2 Å². The normalized spacial score (nSPS) is 14.8. The highest BCUT2D eigenvalue weighted by molar-refractivity contribution is 6.30. The van der Waals surface area contributed by atoms with E-state index in [1.807, 2.05) is 0 Å². The van der Waals surface area contributed by atoms with E-state index in [1.54, 1.807) is 42.5 Å². The van der Waals surface area contributed by atoms with Gasteiger partial charge in [0.25, 0.3) is 0 Å². The minimum absolute atomic E-state index is 0.153. The fourth-order valence-corrected chi connectivity index (χ4v) is 2.64. The van der Waals surface area contributed by atoms with Crippen molar-refractivity contribution in [3.8, 4) is 17.2 Å². The number of carbonyl (C=O) groups is 1. The summed E-state index contributed by atoms with van der Waals surface area (Å²) in [6.45, 7) is 0. The van der Waals surface area contributed by atoms with Crippen LogP contribution in [0.15, 0.2) is 47.1 Å². The number of carbonyl (C=O) groups excluding carboxylic acids is 1. The highest BCUT2D eigenvalue weighted by atomic mass is 35.5. The summed E-state index contributed by atoms with van der Waals surface area (Å²) in [7, 11) is 4.55. The standard InChI is InChI=1S/C19H16ClNO5/c1-23-15-9-6-12(16(24-2)17(15)25-3)10-14-19(22)26-18(21-14)11-4-7-13(20)8-5-11/h4-10H,1-3H3. The SMILES string of the molecule is COc1ccc(C=C2N=C(c3ccc(Cl)cc3)OC2=O)c(OC)c1OC. The molecule has 0 spiro atoms. The molecule has 7 heteroatoms. The van der Waals surface area contributed by atoms with Crippen LogP contribution in [0.1, 0.15) is 11.1 Å². The highest BCUT2D eigenvalue weighted by Gasteiger charge is 2.25. The molecule has 134 valence electrons. The molecule has 0 fully saturated rings. The Labute approximate surface area is 155 Å². The molecule has 1 aliphatic heterocycles. The number of aliphatic imine (C=N–C) groups is 1. The molecule has 0 atom stereocenters. The van der Waals surface area contributed by atoms with Crippen LogP contribution in [0.25, 0.3) is 6.08 Å². The van der Waals surface area contributed by atoms with E-state index in [1.165, 1.54) is 21.3 Å². The average molecular weight is 374 g/mol. The predicted octanol–water partition coefficient (Wildman–Crippen LogP) is 3.71. The van der Waals surface area contributed by atoms with Crippen molar-refractivity contribution in [3.63, 3.8) is 0 Å². The van der Waals surface area contributed by atoms with Crippen LogP contribution in [-0.4, -0.2) is 33.2 Å². The van der Waals surface area contributed by atoms with Crippen LogP contribution in [0.4, 0.5) is 0 Å². The van der Waals surface area contributed by atoms with E-state index in [0.717, 1.165) is 0 Å². The third-order valence-corrected chi connectivity index (χ3v) is 3.99. The molecule has 0 saturated heterocycles. The Morgan fingerprint density at radius 2 is 1.65 bits per heavy atom. The van der Waals surface area contributed by atoms with Gasteiger partial charge >= 0.3 is 5.97 Å². The number of nitrogens with zero attached hydrogens (tertiary/aromatic N) is 1. The molecule has 0 N–H and O–H groups in total. The number of hydrogen-bond acceptors (Lipinski definition) is 6. The van der Waals surface area contributed by atoms with Crippen LogP contribution >= 0.6 is 11.6 Å². The Morgan fingerprint density at radius 1 is 0.962 bits per heavy atom.